The van der Waals surface area contributed by atoms with Crippen LogP contribution in [0.3, 0.4) is 0 Å². The van der Waals surface area contributed by atoms with Crippen LogP contribution < -0.4 is 5.32 Å². The van der Waals surface area contributed by atoms with Crippen molar-refractivity contribution in [3.8, 4) is 0 Å². The Bertz CT molecular complexity index is 361. The van der Waals surface area contributed by atoms with Gasteiger partial charge in [0.25, 0.3) is 0 Å². The predicted octanol–water partition coefficient (Wildman–Crippen LogP) is 2.88. The Hall–Kier alpha value is -0.840. The zero-order valence-electron chi connectivity index (χ0n) is 13.6. The molecule has 0 unspecified atom stereocenters. The summed E-state index contributed by atoms with van der Waals surface area (Å²) in [6.07, 6.45) is 2.07. The smallest absolute Gasteiger partial charge is 0.122 e. The highest BCUT2D eigenvalue weighted by molar-refractivity contribution is 5.16. The van der Waals surface area contributed by atoms with Gasteiger partial charge in [0.2, 0.25) is 0 Å². The second-order valence-corrected chi connectivity index (χ2v) is 6.05. The lowest BCUT2D eigenvalue weighted by molar-refractivity contribution is 0.0616. The van der Waals surface area contributed by atoms with Gasteiger partial charge in [0.15, 0.2) is 0 Å². The van der Waals surface area contributed by atoms with Crippen molar-refractivity contribution < 1.29 is 9.15 Å². The average Bonchev–Trinajstić information content (AvgIpc) is 2.75. The molecule has 0 aliphatic carbocycles. The number of ether oxygens (including phenoxy) is 1. The van der Waals surface area contributed by atoms with Gasteiger partial charge in [0, 0.05) is 18.7 Å². The normalized spacial score (nSPS) is 12.0. The lowest BCUT2D eigenvalue weighted by Crippen LogP contribution is -2.25. The molecule has 116 valence electrons. The van der Waals surface area contributed by atoms with Crippen molar-refractivity contribution >= 4 is 0 Å². The monoisotopic (exact) mass is 282 g/mol. The molecule has 0 aliphatic heterocycles. The summed E-state index contributed by atoms with van der Waals surface area (Å²) in [5.74, 6) is 1.72. The van der Waals surface area contributed by atoms with Gasteiger partial charge in [-0.2, -0.15) is 0 Å². The summed E-state index contributed by atoms with van der Waals surface area (Å²) in [5.41, 5.74) is 1.25. The van der Waals surface area contributed by atoms with E-state index >= 15 is 0 Å². The van der Waals surface area contributed by atoms with Gasteiger partial charge in [0.1, 0.15) is 5.76 Å². The van der Waals surface area contributed by atoms with Crippen molar-refractivity contribution in [2.45, 2.75) is 46.9 Å². The Kier molecular flexibility index (Phi) is 7.88. The van der Waals surface area contributed by atoms with E-state index in [2.05, 4.69) is 51.0 Å². The minimum atomic E-state index is 0.294. The number of rotatable bonds is 10. The second-order valence-electron chi connectivity index (χ2n) is 6.05. The van der Waals surface area contributed by atoms with Crippen LogP contribution in [0.1, 0.15) is 39.0 Å². The first kappa shape index (κ1) is 17.2. The molecule has 1 aromatic rings. The Labute approximate surface area is 123 Å². The maximum atomic E-state index is 5.60. The summed E-state index contributed by atoms with van der Waals surface area (Å²) in [6.45, 7) is 13.0. The number of hydrogen-bond acceptors (Lipinski definition) is 4. The van der Waals surface area contributed by atoms with E-state index in [1.807, 2.05) is 0 Å². The van der Waals surface area contributed by atoms with Crippen LogP contribution in [0.15, 0.2) is 16.7 Å². The molecule has 1 aromatic heterocycles. The first-order valence-electron chi connectivity index (χ1n) is 7.55. The fourth-order valence-electron chi connectivity index (χ4n) is 1.93. The van der Waals surface area contributed by atoms with Crippen LogP contribution >= 0.6 is 0 Å². The predicted molar refractivity (Wildman–Crippen MR) is 82.7 cm³/mol. The lowest BCUT2D eigenvalue weighted by Gasteiger charge is -2.17. The minimum absolute atomic E-state index is 0.294. The summed E-state index contributed by atoms with van der Waals surface area (Å²) in [5, 5.41) is 3.46. The Balaban J connectivity index is 2.34. The number of nitrogens with one attached hydrogen (secondary N) is 1. The quantitative estimate of drug-likeness (QED) is 0.716. The molecule has 0 atom stereocenters. The van der Waals surface area contributed by atoms with Crippen LogP contribution in [-0.2, 0) is 17.8 Å². The summed E-state index contributed by atoms with van der Waals surface area (Å²) in [4.78, 5) is 2.23. The molecule has 0 saturated carbocycles. The van der Waals surface area contributed by atoms with Gasteiger partial charge in [-0.15, -0.1) is 0 Å². The molecular formula is C16H30N2O2. The Morgan fingerprint density at radius 2 is 2.05 bits per heavy atom. The molecule has 4 heteroatoms. The largest absolute Gasteiger partial charge is 0.468 e. The number of furan rings is 1. The molecule has 1 rings (SSSR count). The van der Waals surface area contributed by atoms with Crippen molar-refractivity contribution in [2.24, 2.45) is 5.92 Å². The summed E-state index contributed by atoms with van der Waals surface area (Å²) in [6, 6.07) is 2.06. The molecule has 0 fully saturated rings. The zero-order chi connectivity index (χ0) is 15.0. The molecule has 1 heterocycles. The van der Waals surface area contributed by atoms with Crippen molar-refractivity contribution in [3.63, 3.8) is 0 Å². The Morgan fingerprint density at radius 3 is 2.70 bits per heavy atom. The average molecular weight is 282 g/mol. The van der Waals surface area contributed by atoms with Crippen LogP contribution in [0.5, 0.6) is 0 Å². The van der Waals surface area contributed by atoms with E-state index in [4.69, 9.17) is 9.15 Å². The maximum absolute atomic E-state index is 5.60. The third-order valence-electron chi connectivity index (χ3n) is 3.04. The molecular weight excluding hydrogens is 252 g/mol. The molecule has 0 radical (unpaired) electrons. The molecule has 0 aliphatic rings. The van der Waals surface area contributed by atoms with Crippen molar-refractivity contribution in [3.05, 3.63) is 23.7 Å². The minimum Gasteiger partial charge on any atom is -0.468 e. The molecule has 0 aromatic carbocycles. The van der Waals surface area contributed by atoms with Crippen LogP contribution in [0.25, 0.3) is 0 Å². The molecule has 0 bridgehead atoms. The third-order valence-corrected chi connectivity index (χ3v) is 3.04. The Morgan fingerprint density at radius 1 is 1.30 bits per heavy atom. The zero-order valence-corrected chi connectivity index (χ0v) is 13.6. The lowest BCUT2D eigenvalue weighted by atomic mass is 10.2. The second kappa shape index (κ2) is 9.16. The standard InChI is InChI=1S/C16H30N2O2/c1-13(2)10-17-11-15-6-8-20-16(15)12-18(5)7-9-19-14(3)4/h6,8,13-14,17H,7,9-12H2,1-5H3. The van der Waals surface area contributed by atoms with E-state index in [9.17, 15) is 0 Å². The van der Waals surface area contributed by atoms with Crippen LogP contribution in [0, 0.1) is 5.92 Å². The first-order chi connectivity index (χ1) is 9.49. The van der Waals surface area contributed by atoms with Crippen molar-refractivity contribution in [1.29, 1.82) is 0 Å². The highest BCUT2D eigenvalue weighted by atomic mass is 16.5. The molecule has 0 spiro atoms. The van der Waals surface area contributed by atoms with Gasteiger partial charge >= 0.3 is 0 Å². The fraction of sp³-hybridized carbons (Fsp3) is 0.750. The molecule has 4 nitrogen and oxygen atoms in total. The summed E-state index contributed by atoms with van der Waals surface area (Å²) in [7, 11) is 2.09. The fourth-order valence-corrected chi connectivity index (χ4v) is 1.93. The van der Waals surface area contributed by atoms with Gasteiger partial charge in [-0.1, -0.05) is 13.8 Å². The van der Waals surface area contributed by atoms with Gasteiger partial charge in [-0.05, 0) is 39.4 Å². The molecule has 0 amide bonds. The highest BCUT2D eigenvalue weighted by Gasteiger charge is 2.09. The summed E-state index contributed by atoms with van der Waals surface area (Å²) >= 11 is 0. The highest BCUT2D eigenvalue weighted by Crippen LogP contribution is 2.12. The van der Waals surface area contributed by atoms with Crippen LogP contribution in [-0.4, -0.2) is 37.7 Å². The maximum Gasteiger partial charge on any atom is 0.122 e. The molecule has 0 saturated heterocycles. The number of hydrogen-bond donors (Lipinski definition) is 1. The number of nitrogens with zero attached hydrogens (tertiary/aromatic N) is 1. The van der Waals surface area contributed by atoms with Crippen molar-refractivity contribution in [1.82, 2.24) is 10.2 Å². The topological polar surface area (TPSA) is 37.6 Å². The molecule has 20 heavy (non-hydrogen) atoms. The van der Waals surface area contributed by atoms with E-state index in [1.165, 1.54) is 5.56 Å². The van der Waals surface area contributed by atoms with Gasteiger partial charge in [-0.3, -0.25) is 4.90 Å². The number of likely N-dealkylation sites (N-methyl/N-ethyl adjacent to an activating group) is 1. The van der Waals surface area contributed by atoms with Crippen molar-refractivity contribution in [2.75, 3.05) is 26.7 Å². The van der Waals surface area contributed by atoms with Gasteiger partial charge < -0.3 is 14.5 Å². The van der Waals surface area contributed by atoms with E-state index < -0.39 is 0 Å². The van der Waals surface area contributed by atoms with E-state index in [0.717, 1.165) is 38.5 Å². The SMILES string of the molecule is CC(C)CNCc1ccoc1CN(C)CCOC(C)C. The van der Waals surface area contributed by atoms with E-state index in [0.29, 0.717) is 12.0 Å². The van der Waals surface area contributed by atoms with E-state index in [1.54, 1.807) is 6.26 Å². The summed E-state index contributed by atoms with van der Waals surface area (Å²) < 4.78 is 11.2. The van der Waals surface area contributed by atoms with E-state index in [-0.39, 0.29) is 0 Å². The third kappa shape index (κ3) is 7.08. The van der Waals surface area contributed by atoms with Gasteiger partial charge in [0.05, 0.1) is 25.5 Å². The van der Waals surface area contributed by atoms with Crippen LogP contribution in [0.4, 0.5) is 0 Å². The van der Waals surface area contributed by atoms with Gasteiger partial charge in [-0.25, -0.2) is 0 Å². The van der Waals surface area contributed by atoms with Crippen LogP contribution in [0.2, 0.25) is 0 Å². The first-order valence-corrected chi connectivity index (χ1v) is 7.55. The molecule has 1 N–H and O–H groups in total.